The zero-order valence-electron chi connectivity index (χ0n) is 29.8. The van der Waals surface area contributed by atoms with Gasteiger partial charge in [0.15, 0.2) is 17.5 Å². The van der Waals surface area contributed by atoms with Crippen molar-refractivity contribution >= 4 is 54.1 Å². The van der Waals surface area contributed by atoms with Crippen LogP contribution in [0.15, 0.2) is 194 Å². The van der Waals surface area contributed by atoms with E-state index < -0.39 is 0 Å². The van der Waals surface area contributed by atoms with Crippen LogP contribution < -0.4 is 0 Å². The minimum Gasteiger partial charge on any atom is -0.309 e. The molecule has 0 amide bonds. The number of fused-ring (bicyclic) bond motifs is 9. The standard InChI is InChI=1S/C51H32N4/c1-4-16-33(17-5-1)36-28-29-46-43(30-36)41-25-14-15-27-45(41)55(46)47-32-37(31-44-40-24-11-10-22-38(40)39-23-12-13-26-42(39)48(44)47)51-53-49(34-18-6-2-7-19-34)52-50(54-51)35-20-8-3-9-21-35/h1-32H. The number of benzene rings is 9. The first-order valence-corrected chi connectivity index (χ1v) is 18.6. The number of nitrogens with zero attached hydrogens (tertiary/aromatic N) is 4. The Morgan fingerprint density at radius 2 is 0.709 bits per heavy atom. The van der Waals surface area contributed by atoms with E-state index in [0.29, 0.717) is 17.5 Å². The molecule has 0 saturated heterocycles. The van der Waals surface area contributed by atoms with Gasteiger partial charge >= 0.3 is 0 Å². The number of rotatable bonds is 5. The molecule has 0 aliphatic carbocycles. The highest BCUT2D eigenvalue weighted by molar-refractivity contribution is 6.28. The fraction of sp³-hybridized carbons (Fsp3) is 0. The summed E-state index contributed by atoms with van der Waals surface area (Å²) in [5, 5.41) is 9.58. The Bertz CT molecular complexity index is 3180. The van der Waals surface area contributed by atoms with Gasteiger partial charge in [-0.3, -0.25) is 0 Å². The second-order valence-corrected chi connectivity index (χ2v) is 14.0. The minimum atomic E-state index is 0.625. The van der Waals surface area contributed by atoms with Crippen LogP contribution in [-0.4, -0.2) is 19.5 Å². The van der Waals surface area contributed by atoms with Gasteiger partial charge in [-0.1, -0.05) is 164 Å². The molecule has 0 aliphatic rings. The van der Waals surface area contributed by atoms with Gasteiger partial charge in [0.05, 0.1) is 16.7 Å². The van der Waals surface area contributed by atoms with E-state index in [0.717, 1.165) is 38.8 Å². The molecule has 0 fully saturated rings. The van der Waals surface area contributed by atoms with Crippen LogP contribution in [-0.2, 0) is 0 Å². The van der Waals surface area contributed by atoms with E-state index in [1.54, 1.807) is 0 Å². The first kappa shape index (κ1) is 31.1. The molecule has 9 aromatic carbocycles. The number of hydrogen-bond acceptors (Lipinski definition) is 3. The molecule has 4 nitrogen and oxygen atoms in total. The summed E-state index contributed by atoms with van der Waals surface area (Å²) in [5.74, 6) is 1.90. The van der Waals surface area contributed by atoms with Gasteiger partial charge in [0.2, 0.25) is 0 Å². The third kappa shape index (κ3) is 5.11. The lowest BCUT2D eigenvalue weighted by atomic mass is 9.91. The topological polar surface area (TPSA) is 43.6 Å². The molecule has 256 valence electrons. The van der Waals surface area contributed by atoms with Crippen molar-refractivity contribution in [3.8, 4) is 51.0 Å². The van der Waals surface area contributed by atoms with Gasteiger partial charge in [-0.05, 0) is 68.4 Å². The van der Waals surface area contributed by atoms with Crippen LogP contribution in [0.25, 0.3) is 105 Å². The Kier molecular flexibility index (Phi) is 7.14. The van der Waals surface area contributed by atoms with E-state index in [9.17, 15) is 0 Å². The van der Waals surface area contributed by atoms with E-state index in [4.69, 9.17) is 15.0 Å². The van der Waals surface area contributed by atoms with Crippen LogP contribution in [0.2, 0.25) is 0 Å². The van der Waals surface area contributed by atoms with Crippen molar-refractivity contribution in [1.29, 1.82) is 0 Å². The predicted molar refractivity (Wildman–Crippen MR) is 228 cm³/mol. The third-order valence-corrected chi connectivity index (χ3v) is 10.8. The lowest BCUT2D eigenvalue weighted by Crippen LogP contribution is -2.02. The average Bonchev–Trinajstić information content (AvgIpc) is 3.60. The first-order valence-electron chi connectivity index (χ1n) is 18.6. The van der Waals surface area contributed by atoms with Crippen molar-refractivity contribution in [2.45, 2.75) is 0 Å². The number of aromatic nitrogens is 4. The van der Waals surface area contributed by atoms with E-state index >= 15 is 0 Å². The molecule has 2 aromatic heterocycles. The van der Waals surface area contributed by atoms with Gasteiger partial charge in [0.1, 0.15) is 0 Å². The summed E-state index contributed by atoms with van der Waals surface area (Å²) >= 11 is 0. The summed E-state index contributed by atoms with van der Waals surface area (Å²) in [4.78, 5) is 15.4. The Hall–Kier alpha value is -7.43. The monoisotopic (exact) mass is 700 g/mol. The zero-order valence-corrected chi connectivity index (χ0v) is 29.8. The normalized spacial score (nSPS) is 11.6. The van der Waals surface area contributed by atoms with Gasteiger partial charge in [0, 0.05) is 32.8 Å². The maximum Gasteiger partial charge on any atom is 0.164 e. The maximum atomic E-state index is 5.21. The summed E-state index contributed by atoms with van der Waals surface area (Å²) in [6.07, 6.45) is 0. The molecule has 2 heterocycles. The molecule has 0 aliphatic heterocycles. The van der Waals surface area contributed by atoms with Gasteiger partial charge < -0.3 is 4.57 Å². The third-order valence-electron chi connectivity index (χ3n) is 10.8. The first-order chi connectivity index (χ1) is 27.3. The van der Waals surface area contributed by atoms with Crippen molar-refractivity contribution in [3.63, 3.8) is 0 Å². The van der Waals surface area contributed by atoms with E-state index in [1.807, 2.05) is 36.4 Å². The molecular formula is C51H32N4. The number of hydrogen-bond donors (Lipinski definition) is 0. The van der Waals surface area contributed by atoms with Gasteiger partial charge in [-0.2, -0.15) is 0 Å². The smallest absolute Gasteiger partial charge is 0.164 e. The molecule has 0 spiro atoms. The highest BCUT2D eigenvalue weighted by Gasteiger charge is 2.21. The van der Waals surface area contributed by atoms with Crippen molar-refractivity contribution in [1.82, 2.24) is 19.5 Å². The van der Waals surface area contributed by atoms with E-state index in [-0.39, 0.29) is 0 Å². The summed E-state index contributed by atoms with van der Waals surface area (Å²) in [5.41, 5.74) is 8.56. The highest BCUT2D eigenvalue weighted by atomic mass is 15.0. The van der Waals surface area contributed by atoms with Crippen LogP contribution in [0, 0.1) is 0 Å². The zero-order chi connectivity index (χ0) is 36.3. The molecule has 0 unspecified atom stereocenters. The molecule has 0 N–H and O–H groups in total. The summed E-state index contributed by atoms with van der Waals surface area (Å²) in [6, 6.07) is 68.7. The Morgan fingerprint density at radius 3 is 1.33 bits per heavy atom. The SMILES string of the molecule is c1ccc(-c2ccc3c(c2)c2ccccc2n3-c2cc(-c3nc(-c4ccccc4)nc(-c4ccccc4)n3)cc3c4ccccc4c4ccccc4c23)cc1. The van der Waals surface area contributed by atoms with E-state index in [1.165, 1.54) is 48.8 Å². The predicted octanol–water partition coefficient (Wildman–Crippen LogP) is 13.1. The Morgan fingerprint density at radius 1 is 0.273 bits per heavy atom. The molecule has 0 atom stereocenters. The lowest BCUT2D eigenvalue weighted by molar-refractivity contribution is 1.07. The van der Waals surface area contributed by atoms with Crippen molar-refractivity contribution in [3.05, 3.63) is 194 Å². The lowest BCUT2D eigenvalue weighted by Gasteiger charge is -2.18. The van der Waals surface area contributed by atoms with Gasteiger partial charge in [-0.25, -0.2) is 15.0 Å². The van der Waals surface area contributed by atoms with Gasteiger partial charge in [-0.15, -0.1) is 0 Å². The van der Waals surface area contributed by atoms with Gasteiger partial charge in [0.25, 0.3) is 0 Å². The molecule has 0 radical (unpaired) electrons. The molecule has 4 heteroatoms. The molecule has 55 heavy (non-hydrogen) atoms. The quantitative estimate of drug-likeness (QED) is 0.168. The van der Waals surface area contributed by atoms with E-state index in [2.05, 4.69) is 162 Å². The summed E-state index contributed by atoms with van der Waals surface area (Å²) < 4.78 is 2.45. The second kappa shape index (κ2) is 12.6. The fourth-order valence-electron chi connectivity index (χ4n) is 8.30. The molecular weight excluding hydrogens is 669 g/mol. The largest absolute Gasteiger partial charge is 0.309 e. The van der Waals surface area contributed by atoms with Crippen LogP contribution in [0.5, 0.6) is 0 Å². The Labute approximate surface area is 317 Å². The molecule has 11 rings (SSSR count). The Balaban J connectivity index is 1.28. The van der Waals surface area contributed by atoms with Crippen LogP contribution in [0.1, 0.15) is 0 Å². The van der Waals surface area contributed by atoms with Crippen LogP contribution in [0.4, 0.5) is 0 Å². The van der Waals surface area contributed by atoms with Crippen molar-refractivity contribution in [2.24, 2.45) is 0 Å². The second-order valence-electron chi connectivity index (χ2n) is 14.0. The minimum absolute atomic E-state index is 0.625. The van der Waals surface area contributed by atoms with Crippen molar-refractivity contribution < 1.29 is 0 Å². The summed E-state index contributed by atoms with van der Waals surface area (Å²) in [6.45, 7) is 0. The fourth-order valence-corrected chi connectivity index (χ4v) is 8.30. The molecule has 0 bridgehead atoms. The highest BCUT2D eigenvalue weighted by Crippen LogP contribution is 2.43. The molecule has 11 aromatic rings. The maximum absolute atomic E-state index is 5.21. The van der Waals surface area contributed by atoms with Crippen LogP contribution in [0.3, 0.4) is 0 Å². The average molecular weight is 701 g/mol. The number of para-hydroxylation sites is 1. The molecule has 0 saturated carbocycles. The van der Waals surface area contributed by atoms with Crippen LogP contribution >= 0.6 is 0 Å². The summed E-state index contributed by atoms with van der Waals surface area (Å²) in [7, 11) is 0. The van der Waals surface area contributed by atoms with Crippen molar-refractivity contribution in [2.75, 3.05) is 0 Å².